The number of nitrogens with one attached hydrogen (secondary N) is 2. The van der Waals surface area contributed by atoms with Gasteiger partial charge in [-0.25, -0.2) is 9.98 Å². The molecule has 0 amide bonds. The third kappa shape index (κ3) is 6.46. The molecule has 6 nitrogen and oxygen atoms in total. The van der Waals surface area contributed by atoms with Gasteiger partial charge in [0, 0.05) is 24.2 Å². The molecule has 0 bridgehead atoms. The molecule has 0 aliphatic heterocycles. The highest BCUT2D eigenvalue weighted by Crippen LogP contribution is 2.23. The van der Waals surface area contributed by atoms with Gasteiger partial charge in [-0.15, -0.1) is 11.3 Å². The highest BCUT2D eigenvalue weighted by molar-refractivity contribution is 7.09. The highest BCUT2D eigenvalue weighted by atomic mass is 32.1. The maximum atomic E-state index is 10.6. The summed E-state index contributed by atoms with van der Waals surface area (Å²) in [5.41, 5.74) is -0.0252. The van der Waals surface area contributed by atoms with Crippen LogP contribution in [0.3, 0.4) is 0 Å². The first-order valence-corrected chi connectivity index (χ1v) is 10.0. The number of hydrogen-bond acceptors (Lipinski definition) is 5. The molecule has 0 radical (unpaired) electrons. The molecule has 2 aromatic rings. The second-order valence-electron chi connectivity index (χ2n) is 6.65. The lowest BCUT2D eigenvalue weighted by Crippen LogP contribution is -2.39. The fourth-order valence-corrected chi connectivity index (χ4v) is 3.32. The fraction of sp³-hybridized carbons (Fsp3) is 0.579. The lowest BCUT2D eigenvalue weighted by Gasteiger charge is -2.19. The molecule has 144 valence electrons. The molecule has 0 aliphatic rings. The Bertz CT molecular complexity index is 706. The van der Waals surface area contributed by atoms with Crippen LogP contribution in [-0.4, -0.2) is 35.7 Å². The van der Waals surface area contributed by atoms with Crippen LogP contribution in [-0.2, 0) is 12.0 Å². The molecule has 0 aromatic carbocycles. The summed E-state index contributed by atoms with van der Waals surface area (Å²) in [6, 6.07) is 3.65. The van der Waals surface area contributed by atoms with Gasteiger partial charge in [0.15, 0.2) is 5.96 Å². The minimum atomic E-state index is -1.13. The molecule has 1 atom stereocenters. The Morgan fingerprint density at radius 2 is 2.12 bits per heavy atom. The highest BCUT2D eigenvalue weighted by Gasteiger charge is 2.26. The minimum absolute atomic E-state index is 0.230. The first kappa shape index (κ1) is 20.5. The summed E-state index contributed by atoms with van der Waals surface area (Å²) in [6.45, 7) is 9.46. The van der Waals surface area contributed by atoms with Crippen LogP contribution in [0.5, 0.6) is 0 Å². The second-order valence-corrected chi connectivity index (χ2v) is 7.59. The van der Waals surface area contributed by atoms with Gasteiger partial charge in [0.2, 0.25) is 0 Å². The van der Waals surface area contributed by atoms with Gasteiger partial charge in [0.1, 0.15) is 17.1 Å². The molecule has 0 spiro atoms. The predicted octanol–water partition coefficient (Wildman–Crippen LogP) is 3.14. The van der Waals surface area contributed by atoms with Crippen LogP contribution in [0.1, 0.15) is 48.9 Å². The maximum Gasteiger partial charge on any atom is 0.191 e. The van der Waals surface area contributed by atoms with Crippen molar-refractivity contribution in [2.45, 2.75) is 52.6 Å². The summed E-state index contributed by atoms with van der Waals surface area (Å²) < 4.78 is 5.53. The van der Waals surface area contributed by atoms with Crippen molar-refractivity contribution in [2.75, 3.05) is 19.6 Å². The molecule has 0 aliphatic carbocycles. The van der Waals surface area contributed by atoms with E-state index in [4.69, 9.17) is 4.42 Å². The van der Waals surface area contributed by atoms with Gasteiger partial charge in [0.05, 0.1) is 11.6 Å². The van der Waals surface area contributed by atoms with E-state index in [9.17, 15) is 5.11 Å². The summed E-state index contributed by atoms with van der Waals surface area (Å²) >= 11 is 1.73. The second kappa shape index (κ2) is 9.73. The van der Waals surface area contributed by atoms with Crippen LogP contribution in [0.2, 0.25) is 0 Å². The summed E-state index contributed by atoms with van der Waals surface area (Å²) in [5.74, 6) is 2.03. The summed E-state index contributed by atoms with van der Waals surface area (Å²) in [4.78, 5) is 8.99. The summed E-state index contributed by atoms with van der Waals surface area (Å²) in [6.07, 6.45) is 3.14. The monoisotopic (exact) mass is 378 g/mol. The average Bonchev–Trinajstić information content (AvgIpc) is 3.21. The average molecular weight is 379 g/mol. The number of unbranched alkanes of at least 4 members (excludes halogenated alkanes) is 1. The molecular formula is C19H30N4O2S. The number of rotatable bonds is 9. The Morgan fingerprint density at radius 1 is 1.31 bits per heavy atom. The van der Waals surface area contributed by atoms with Gasteiger partial charge >= 0.3 is 0 Å². The Kier molecular flexibility index (Phi) is 7.66. The lowest BCUT2D eigenvalue weighted by molar-refractivity contribution is 0.0428. The molecular weight excluding hydrogens is 348 g/mol. The normalized spacial score (nSPS) is 14.3. The van der Waals surface area contributed by atoms with Crippen molar-refractivity contribution >= 4 is 17.3 Å². The van der Waals surface area contributed by atoms with E-state index in [1.165, 1.54) is 5.01 Å². The Balaban J connectivity index is 1.78. The number of furan rings is 1. The van der Waals surface area contributed by atoms with E-state index >= 15 is 0 Å². The van der Waals surface area contributed by atoms with E-state index in [1.807, 2.05) is 26.8 Å². The zero-order valence-corrected chi connectivity index (χ0v) is 16.9. The summed E-state index contributed by atoms with van der Waals surface area (Å²) in [5, 5.41) is 20.4. The number of guanidine groups is 1. The van der Waals surface area contributed by atoms with Crippen LogP contribution < -0.4 is 10.6 Å². The first-order chi connectivity index (χ1) is 12.4. The van der Waals surface area contributed by atoms with Crippen molar-refractivity contribution in [3.63, 3.8) is 0 Å². The van der Waals surface area contributed by atoms with Crippen molar-refractivity contribution in [2.24, 2.45) is 4.99 Å². The van der Waals surface area contributed by atoms with Crippen LogP contribution in [0.15, 0.2) is 26.9 Å². The Labute approximate surface area is 159 Å². The van der Waals surface area contributed by atoms with E-state index in [0.29, 0.717) is 11.7 Å². The third-order valence-corrected chi connectivity index (χ3v) is 4.96. The number of nitrogens with zero attached hydrogens (tertiary/aromatic N) is 2. The molecule has 26 heavy (non-hydrogen) atoms. The number of aromatic nitrogens is 1. The van der Waals surface area contributed by atoms with Gasteiger partial charge in [-0.1, -0.05) is 0 Å². The SMILES string of the molecule is CCNC(=NCC(C)(O)c1ccc(C)o1)NCCCCc1nc(C)cs1. The molecule has 2 rings (SSSR count). The number of hydrogen-bond donors (Lipinski definition) is 3. The van der Waals surface area contributed by atoms with E-state index in [1.54, 1.807) is 24.3 Å². The Morgan fingerprint density at radius 3 is 2.73 bits per heavy atom. The number of aliphatic hydroxyl groups is 1. The standard InChI is InChI=1S/C19H30N4O2S/c1-5-20-18(21-11-7-6-8-17-23-14(2)12-26-17)22-13-19(4,24)16-10-9-15(3)25-16/h9-10,12,24H,5-8,11,13H2,1-4H3,(H2,20,21,22). The third-order valence-electron chi connectivity index (χ3n) is 3.94. The van der Waals surface area contributed by atoms with E-state index in [-0.39, 0.29) is 6.54 Å². The molecule has 7 heteroatoms. The largest absolute Gasteiger partial charge is 0.463 e. The van der Waals surface area contributed by atoms with Crippen LogP contribution in [0.25, 0.3) is 0 Å². The molecule has 3 N–H and O–H groups in total. The Hall–Kier alpha value is -1.86. The molecule has 0 fully saturated rings. The zero-order chi connectivity index (χ0) is 19.0. The molecule has 2 aromatic heterocycles. The number of aliphatic imine (C=N–C) groups is 1. The molecule has 0 saturated heterocycles. The zero-order valence-electron chi connectivity index (χ0n) is 16.1. The fourth-order valence-electron chi connectivity index (χ4n) is 2.50. The molecule has 2 heterocycles. The van der Waals surface area contributed by atoms with Gasteiger partial charge in [-0.2, -0.15) is 0 Å². The van der Waals surface area contributed by atoms with Gasteiger partial charge in [-0.05, 0) is 59.1 Å². The number of thiazole rings is 1. The van der Waals surface area contributed by atoms with Crippen LogP contribution >= 0.6 is 11.3 Å². The van der Waals surface area contributed by atoms with Crippen molar-refractivity contribution in [3.05, 3.63) is 39.7 Å². The predicted molar refractivity (Wildman–Crippen MR) is 107 cm³/mol. The van der Waals surface area contributed by atoms with Crippen molar-refractivity contribution in [3.8, 4) is 0 Å². The topological polar surface area (TPSA) is 82.7 Å². The van der Waals surface area contributed by atoms with Crippen LogP contribution in [0, 0.1) is 13.8 Å². The minimum Gasteiger partial charge on any atom is -0.463 e. The lowest BCUT2D eigenvalue weighted by atomic mass is 10.0. The van der Waals surface area contributed by atoms with Crippen LogP contribution in [0.4, 0.5) is 0 Å². The van der Waals surface area contributed by atoms with E-state index in [0.717, 1.165) is 43.8 Å². The smallest absolute Gasteiger partial charge is 0.191 e. The van der Waals surface area contributed by atoms with Gasteiger partial charge in [0.25, 0.3) is 0 Å². The molecule has 1 unspecified atom stereocenters. The van der Waals surface area contributed by atoms with Crippen molar-refractivity contribution in [1.82, 2.24) is 15.6 Å². The van der Waals surface area contributed by atoms with Crippen molar-refractivity contribution in [1.29, 1.82) is 0 Å². The van der Waals surface area contributed by atoms with Gasteiger partial charge < -0.3 is 20.2 Å². The van der Waals surface area contributed by atoms with Crippen molar-refractivity contribution < 1.29 is 9.52 Å². The quantitative estimate of drug-likeness (QED) is 0.355. The van der Waals surface area contributed by atoms with E-state index in [2.05, 4.69) is 26.0 Å². The maximum absolute atomic E-state index is 10.6. The van der Waals surface area contributed by atoms with Gasteiger partial charge in [-0.3, -0.25) is 0 Å². The van der Waals surface area contributed by atoms with E-state index < -0.39 is 5.60 Å². The molecule has 0 saturated carbocycles. The number of aryl methyl sites for hydroxylation is 3. The first-order valence-electron chi connectivity index (χ1n) is 9.13. The summed E-state index contributed by atoms with van der Waals surface area (Å²) in [7, 11) is 0.